The fourth-order valence-corrected chi connectivity index (χ4v) is 2.46. The number of nitrogens with zero attached hydrogens (tertiary/aromatic N) is 1. The molecule has 16 heavy (non-hydrogen) atoms. The minimum absolute atomic E-state index is 0.196. The van der Waals surface area contributed by atoms with Crippen molar-refractivity contribution in [3.8, 4) is 0 Å². The first-order valence-corrected chi connectivity index (χ1v) is 6.46. The maximum absolute atomic E-state index is 12.0. The molecule has 0 atom stereocenters. The lowest BCUT2D eigenvalue weighted by atomic mass is 9.91. The molecule has 0 N–H and O–H groups in total. The molecule has 1 aliphatic rings. The number of hydrogen-bond donors (Lipinski definition) is 0. The third-order valence-electron chi connectivity index (χ3n) is 3.27. The normalized spacial score (nSPS) is 16.2. The Morgan fingerprint density at radius 2 is 2.12 bits per heavy atom. The summed E-state index contributed by atoms with van der Waals surface area (Å²) in [5.41, 5.74) is 0.786. The number of rotatable bonds is 4. The number of benzene rings is 1. The van der Waals surface area contributed by atoms with E-state index < -0.39 is 0 Å². The van der Waals surface area contributed by atoms with Crippen molar-refractivity contribution >= 4 is 21.7 Å². The number of Topliss-reactive ketones (excluding diaryl/α,β-unsaturated/α-hetero) is 1. The van der Waals surface area contributed by atoms with E-state index in [2.05, 4.69) is 20.8 Å². The summed E-state index contributed by atoms with van der Waals surface area (Å²) in [7, 11) is 2.04. The predicted molar refractivity (Wildman–Crippen MR) is 68.7 cm³/mol. The topological polar surface area (TPSA) is 20.3 Å². The highest BCUT2D eigenvalue weighted by Gasteiger charge is 2.24. The van der Waals surface area contributed by atoms with Crippen LogP contribution in [0.2, 0.25) is 0 Å². The van der Waals surface area contributed by atoms with E-state index in [0.29, 0.717) is 12.6 Å². The van der Waals surface area contributed by atoms with Crippen LogP contribution in [0.25, 0.3) is 0 Å². The van der Waals surface area contributed by atoms with Crippen molar-refractivity contribution in [3.05, 3.63) is 34.3 Å². The smallest absolute Gasteiger partial charge is 0.177 e. The molecule has 86 valence electrons. The molecule has 2 rings (SSSR count). The van der Waals surface area contributed by atoms with Crippen molar-refractivity contribution in [2.75, 3.05) is 13.6 Å². The van der Waals surface area contributed by atoms with Crippen molar-refractivity contribution < 1.29 is 4.79 Å². The zero-order chi connectivity index (χ0) is 11.5. The van der Waals surface area contributed by atoms with E-state index in [1.54, 1.807) is 0 Å². The zero-order valence-corrected chi connectivity index (χ0v) is 11.0. The summed E-state index contributed by atoms with van der Waals surface area (Å²) in [4.78, 5) is 14.2. The SMILES string of the molecule is CN(CC(=O)c1ccccc1Br)C1CCC1. The highest BCUT2D eigenvalue weighted by atomic mass is 79.9. The Hall–Kier alpha value is -0.670. The van der Waals surface area contributed by atoms with Crippen LogP contribution in [0.5, 0.6) is 0 Å². The summed E-state index contributed by atoms with van der Waals surface area (Å²) in [6.45, 7) is 0.521. The molecule has 0 aliphatic heterocycles. The van der Waals surface area contributed by atoms with Crippen LogP contribution in [0, 0.1) is 0 Å². The van der Waals surface area contributed by atoms with Gasteiger partial charge in [0, 0.05) is 16.1 Å². The number of halogens is 1. The fraction of sp³-hybridized carbons (Fsp3) is 0.462. The lowest BCUT2D eigenvalue weighted by Crippen LogP contribution is -2.40. The Morgan fingerprint density at radius 3 is 2.69 bits per heavy atom. The monoisotopic (exact) mass is 281 g/mol. The van der Waals surface area contributed by atoms with Gasteiger partial charge in [0.05, 0.1) is 6.54 Å². The van der Waals surface area contributed by atoms with Gasteiger partial charge in [-0.15, -0.1) is 0 Å². The highest BCUT2D eigenvalue weighted by Crippen LogP contribution is 2.24. The van der Waals surface area contributed by atoms with Crippen molar-refractivity contribution in [1.29, 1.82) is 0 Å². The van der Waals surface area contributed by atoms with Crippen molar-refractivity contribution in [2.24, 2.45) is 0 Å². The molecule has 0 amide bonds. The molecule has 0 saturated heterocycles. The molecule has 0 radical (unpaired) electrons. The molecule has 0 heterocycles. The number of hydrogen-bond acceptors (Lipinski definition) is 2. The molecular weight excluding hydrogens is 266 g/mol. The van der Waals surface area contributed by atoms with Gasteiger partial charge in [-0.2, -0.15) is 0 Å². The van der Waals surface area contributed by atoms with Gasteiger partial charge in [0.15, 0.2) is 5.78 Å². The van der Waals surface area contributed by atoms with Crippen LogP contribution in [0.3, 0.4) is 0 Å². The Kier molecular flexibility index (Phi) is 3.77. The van der Waals surface area contributed by atoms with E-state index in [0.717, 1.165) is 10.0 Å². The van der Waals surface area contributed by atoms with Crippen LogP contribution < -0.4 is 0 Å². The number of likely N-dealkylation sites (N-methyl/N-ethyl adjacent to an activating group) is 1. The number of carbonyl (C=O) groups is 1. The van der Waals surface area contributed by atoms with Crippen molar-refractivity contribution in [1.82, 2.24) is 4.90 Å². The maximum atomic E-state index is 12.0. The first kappa shape index (κ1) is 11.8. The average molecular weight is 282 g/mol. The minimum Gasteiger partial charge on any atom is -0.296 e. The summed E-state index contributed by atoms with van der Waals surface area (Å²) in [6, 6.07) is 8.24. The molecule has 1 aromatic rings. The molecule has 1 aromatic carbocycles. The lowest BCUT2D eigenvalue weighted by molar-refractivity contribution is 0.0869. The standard InChI is InChI=1S/C13H16BrNO/c1-15(10-5-4-6-10)9-13(16)11-7-2-3-8-12(11)14/h2-3,7-8,10H,4-6,9H2,1H3. The summed E-state index contributed by atoms with van der Waals surface area (Å²) in [5, 5.41) is 0. The highest BCUT2D eigenvalue weighted by molar-refractivity contribution is 9.10. The molecule has 1 aliphatic carbocycles. The minimum atomic E-state index is 0.196. The van der Waals surface area contributed by atoms with Crippen LogP contribution in [-0.4, -0.2) is 30.3 Å². The third-order valence-corrected chi connectivity index (χ3v) is 3.96. The molecule has 0 spiro atoms. The summed E-state index contributed by atoms with van der Waals surface area (Å²) < 4.78 is 0.891. The van der Waals surface area contributed by atoms with Crippen molar-refractivity contribution in [3.63, 3.8) is 0 Å². The second-order valence-electron chi connectivity index (χ2n) is 4.40. The van der Waals surface area contributed by atoms with Gasteiger partial charge in [-0.05, 0) is 26.0 Å². The van der Waals surface area contributed by atoms with Crippen molar-refractivity contribution in [2.45, 2.75) is 25.3 Å². The van der Waals surface area contributed by atoms with Gasteiger partial charge in [-0.3, -0.25) is 9.69 Å². The van der Waals surface area contributed by atoms with Crippen LogP contribution in [0.4, 0.5) is 0 Å². The Bertz CT molecular complexity index is 387. The lowest BCUT2D eigenvalue weighted by Gasteiger charge is -2.34. The van der Waals surface area contributed by atoms with Gasteiger partial charge in [-0.1, -0.05) is 40.5 Å². The van der Waals surface area contributed by atoms with Crippen LogP contribution in [-0.2, 0) is 0 Å². The summed E-state index contributed by atoms with van der Waals surface area (Å²) in [5.74, 6) is 0.196. The van der Waals surface area contributed by atoms with Gasteiger partial charge < -0.3 is 0 Å². The van der Waals surface area contributed by atoms with Gasteiger partial charge in [0.25, 0.3) is 0 Å². The van der Waals surface area contributed by atoms with Crippen LogP contribution >= 0.6 is 15.9 Å². The maximum Gasteiger partial charge on any atom is 0.177 e. The van der Waals surface area contributed by atoms with Gasteiger partial charge in [0.2, 0.25) is 0 Å². The Morgan fingerprint density at radius 1 is 1.44 bits per heavy atom. The quantitative estimate of drug-likeness (QED) is 0.791. The van der Waals surface area contributed by atoms with E-state index in [4.69, 9.17) is 0 Å². The summed E-state index contributed by atoms with van der Waals surface area (Å²) >= 11 is 3.42. The van der Waals surface area contributed by atoms with Gasteiger partial charge >= 0.3 is 0 Å². The summed E-state index contributed by atoms with van der Waals surface area (Å²) in [6.07, 6.45) is 3.78. The largest absolute Gasteiger partial charge is 0.296 e. The van der Waals surface area contributed by atoms with E-state index in [1.165, 1.54) is 19.3 Å². The van der Waals surface area contributed by atoms with E-state index >= 15 is 0 Å². The molecule has 1 fully saturated rings. The second-order valence-corrected chi connectivity index (χ2v) is 5.26. The van der Waals surface area contributed by atoms with E-state index in [1.807, 2.05) is 31.3 Å². The number of ketones is 1. The molecule has 0 bridgehead atoms. The Balaban J connectivity index is 2.00. The van der Waals surface area contributed by atoms with Gasteiger partial charge in [-0.25, -0.2) is 0 Å². The molecule has 2 nitrogen and oxygen atoms in total. The van der Waals surface area contributed by atoms with Crippen LogP contribution in [0.15, 0.2) is 28.7 Å². The molecule has 1 saturated carbocycles. The molecular formula is C13H16BrNO. The predicted octanol–water partition coefficient (Wildman–Crippen LogP) is 3.12. The first-order valence-electron chi connectivity index (χ1n) is 5.66. The van der Waals surface area contributed by atoms with E-state index in [-0.39, 0.29) is 5.78 Å². The average Bonchev–Trinajstić information content (AvgIpc) is 2.15. The second kappa shape index (κ2) is 5.11. The fourth-order valence-electron chi connectivity index (χ4n) is 1.96. The molecule has 3 heteroatoms. The van der Waals surface area contributed by atoms with Crippen LogP contribution in [0.1, 0.15) is 29.6 Å². The zero-order valence-electron chi connectivity index (χ0n) is 9.45. The van der Waals surface area contributed by atoms with Gasteiger partial charge in [0.1, 0.15) is 0 Å². The number of carbonyl (C=O) groups excluding carboxylic acids is 1. The molecule has 0 aromatic heterocycles. The third kappa shape index (κ3) is 2.53. The first-order chi connectivity index (χ1) is 7.68. The molecule has 0 unspecified atom stereocenters. The Labute approximate surface area is 105 Å². The van der Waals surface area contributed by atoms with E-state index in [9.17, 15) is 4.79 Å².